The van der Waals surface area contributed by atoms with E-state index in [1.807, 2.05) is 4.90 Å². The fourth-order valence-electron chi connectivity index (χ4n) is 1.95. The van der Waals surface area contributed by atoms with Crippen molar-refractivity contribution in [1.82, 2.24) is 4.90 Å². The minimum atomic E-state index is -0.0191. The first-order valence-corrected chi connectivity index (χ1v) is 5.38. The van der Waals surface area contributed by atoms with E-state index in [4.69, 9.17) is 4.74 Å². The Kier molecular flexibility index (Phi) is 2.99. The van der Waals surface area contributed by atoms with Gasteiger partial charge in [0.05, 0.1) is 12.7 Å². The molecule has 16 heavy (non-hydrogen) atoms. The maximum Gasteiger partial charge on any atom is 0.257 e. The average Bonchev–Trinajstić information content (AvgIpc) is 2.81. The number of phenolic OH excluding ortho intramolecular Hbond substituents is 1. The van der Waals surface area contributed by atoms with Crippen molar-refractivity contribution < 1.29 is 14.6 Å². The number of hydrogen-bond donors (Lipinski definition) is 1. The van der Waals surface area contributed by atoms with E-state index in [1.54, 1.807) is 6.07 Å². The third-order valence-corrected chi connectivity index (χ3v) is 2.81. The van der Waals surface area contributed by atoms with Gasteiger partial charge in [-0.05, 0) is 25.0 Å². The van der Waals surface area contributed by atoms with E-state index in [0.29, 0.717) is 11.3 Å². The van der Waals surface area contributed by atoms with Crippen LogP contribution in [0.4, 0.5) is 0 Å². The molecule has 1 N–H and O–H groups in total. The highest BCUT2D eigenvalue weighted by molar-refractivity contribution is 5.97. The highest BCUT2D eigenvalue weighted by Gasteiger charge is 2.22. The molecular formula is C12H15NO3. The van der Waals surface area contributed by atoms with Crippen molar-refractivity contribution in [2.24, 2.45) is 0 Å². The van der Waals surface area contributed by atoms with E-state index in [2.05, 4.69) is 0 Å². The molecule has 2 rings (SSSR count). The van der Waals surface area contributed by atoms with Gasteiger partial charge < -0.3 is 14.7 Å². The zero-order chi connectivity index (χ0) is 11.5. The van der Waals surface area contributed by atoms with Crippen molar-refractivity contribution >= 4 is 5.91 Å². The molecule has 0 saturated carbocycles. The first-order chi connectivity index (χ1) is 7.72. The van der Waals surface area contributed by atoms with Crippen LogP contribution in [0.15, 0.2) is 18.2 Å². The van der Waals surface area contributed by atoms with E-state index in [1.165, 1.54) is 19.2 Å². The van der Waals surface area contributed by atoms with Crippen LogP contribution in [0.3, 0.4) is 0 Å². The van der Waals surface area contributed by atoms with E-state index in [-0.39, 0.29) is 11.7 Å². The number of likely N-dealkylation sites (tertiary alicyclic amines) is 1. The van der Waals surface area contributed by atoms with E-state index in [0.717, 1.165) is 25.9 Å². The van der Waals surface area contributed by atoms with Crippen LogP contribution in [-0.2, 0) is 0 Å². The molecule has 1 amide bonds. The van der Waals surface area contributed by atoms with Crippen LogP contribution in [0, 0.1) is 0 Å². The van der Waals surface area contributed by atoms with Gasteiger partial charge >= 0.3 is 0 Å². The van der Waals surface area contributed by atoms with Gasteiger partial charge in [-0.1, -0.05) is 0 Å². The van der Waals surface area contributed by atoms with Crippen LogP contribution < -0.4 is 4.74 Å². The third kappa shape index (κ3) is 1.96. The average molecular weight is 221 g/mol. The third-order valence-electron chi connectivity index (χ3n) is 2.81. The lowest BCUT2D eigenvalue weighted by molar-refractivity contribution is 0.0789. The van der Waals surface area contributed by atoms with Crippen LogP contribution in [0.5, 0.6) is 11.5 Å². The lowest BCUT2D eigenvalue weighted by Crippen LogP contribution is -2.27. The number of phenols is 1. The number of nitrogens with zero attached hydrogens (tertiary/aromatic N) is 1. The molecule has 0 unspecified atom stereocenters. The first-order valence-electron chi connectivity index (χ1n) is 5.38. The van der Waals surface area contributed by atoms with Crippen molar-refractivity contribution in [2.45, 2.75) is 12.8 Å². The van der Waals surface area contributed by atoms with Gasteiger partial charge in [0.2, 0.25) is 0 Å². The summed E-state index contributed by atoms with van der Waals surface area (Å²) < 4.78 is 5.10. The fourth-order valence-corrected chi connectivity index (χ4v) is 1.95. The van der Waals surface area contributed by atoms with Crippen LogP contribution in [0.2, 0.25) is 0 Å². The molecule has 1 aromatic carbocycles. The molecular weight excluding hydrogens is 206 g/mol. The second kappa shape index (κ2) is 4.43. The quantitative estimate of drug-likeness (QED) is 0.825. The van der Waals surface area contributed by atoms with Gasteiger partial charge in [0.25, 0.3) is 5.91 Å². The monoisotopic (exact) mass is 221 g/mol. The van der Waals surface area contributed by atoms with Gasteiger partial charge in [-0.3, -0.25) is 4.79 Å². The molecule has 1 aliphatic heterocycles. The minimum absolute atomic E-state index is 0.0191. The molecule has 1 aromatic rings. The highest BCUT2D eigenvalue weighted by Crippen LogP contribution is 2.26. The Morgan fingerprint density at radius 3 is 2.69 bits per heavy atom. The van der Waals surface area contributed by atoms with Crippen LogP contribution >= 0.6 is 0 Å². The van der Waals surface area contributed by atoms with Crippen LogP contribution in [0.25, 0.3) is 0 Å². The molecule has 0 radical (unpaired) electrons. The molecule has 1 heterocycles. The molecule has 0 aromatic heterocycles. The number of methoxy groups -OCH3 is 1. The van der Waals surface area contributed by atoms with Crippen molar-refractivity contribution in [1.29, 1.82) is 0 Å². The summed E-state index contributed by atoms with van der Waals surface area (Å²) >= 11 is 0. The molecule has 0 bridgehead atoms. The summed E-state index contributed by atoms with van der Waals surface area (Å²) in [5, 5.41) is 9.31. The van der Waals surface area contributed by atoms with Gasteiger partial charge in [-0.25, -0.2) is 0 Å². The van der Waals surface area contributed by atoms with Crippen molar-refractivity contribution in [3.63, 3.8) is 0 Å². The Bertz CT molecular complexity index is 397. The molecule has 1 fully saturated rings. The number of benzene rings is 1. The number of amides is 1. The summed E-state index contributed by atoms with van der Waals surface area (Å²) in [5.74, 6) is 0.515. The Morgan fingerprint density at radius 2 is 2.06 bits per heavy atom. The Labute approximate surface area is 94.4 Å². The smallest absolute Gasteiger partial charge is 0.257 e. The normalized spacial score (nSPS) is 15.2. The second-order valence-corrected chi connectivity index (χ2v) is 3.88. The van der Waals surface area contributed by atoms with Gasteiger partial charge in [0.1, 0.15) is 11.5 Å². The molecule has 86 valence electrons. The number of aromatic hydroxyl groups is 1. The summed E-state index contributed by atoms with van der Waals surface area (Å²) in [5.41, 5.74) is 0.516. The van der Waals surface area contributed by atoms with Gasteiger partial charge in [0, 0.05) is 19.2 Å². The topological polar surface area (TPSA) is 49.8 Å². The predicted octanol–water partition coefficient (Wildman–Crippen LogP) is 1.64. The standard InChI is InChI=1S/C12H15NO3/c1-16-11-8-9(14)4-5-10(11)12(15)13-6-2-3-7-13/h4-5,8,14H,2-3,6-7H2,1H3. The number of ether oxygens (including phenoxy) is 1. The Hall–Kier alpha value is -1.71. The maximum atomic E-state index is 12.1. The fraction of sp³-hybridized carbons (Fsp3) is 0.417. The maximum absolute atomic E-state index is 12.1. The largest absolute Gasteiger partial charge is 0.508 e. The minimum Gasteiger partial charge on any atom is -0.508 e. The zero-order valence-corrected chi connectivity index (χ0v) is 9.27. The summed E-state index contributed by atoms with van der Waals surface area (Å²) in [4.78, 5) is 13.9. The van der Waals surface area contributed by atoms with Crippen molar-refractivity contribution in [2.75, 3.05) is 20.2 Å². The number of rotatable bonds is 2. The molecule has 1 aliphatic rings. The lowest BCUT2D eigenvalue weighted by atomic mass is 10.1. The number of carbonyl (C=O) groups is 1. The SMILES string of the molecule is COc1cc(O)ccc1C(=O)N1CCCC1. The molecule has 4 heteroatoms. The van der Waals surface area contributed by atoms with E-state index in [9.17, 15) is 9.90 Å². The van der Waals surface area contributed by atoms with E-state index >= 15 is 0 Å². The van der Waals surface area contributed by atoms with Crippen LogP contribution in [0.1, 0.15) is 23.2 Å². The van der Waals surface area contributed by atoms with E-state index < -0.39 is 0 Å². The van der Waals surface area contributed by atoms with Crippen molar-refractivity contribution in [3.05, 3.63) is 23.8 Å². The molecule has 0 aliphatic carbocycles. The first kappa shape index (κ1) is 10.8. The molecule has 0 spiro atoms. The number of carbonyl (C=O) groups excluding carboxylic acids is 1. The summed E-state index contributed by atoms with van der Waals surface area (Å²) in [6.45, 7) is 1.62. The summed E-state index contributed by atoms with van der Waals surface area (Å²) in [6.07, 6.45) is 2.12. The molecule has 0 atom stereocenters. The number of hydrogen-bond acceptors (Lipinski definition) is 3. The van der Waals surface area contributed by atoms with Gasteiger partial charge in [0.15, 0.2) is 0 Å². The molecule has 4 nitrogen and oxygen atoms in total. The van der Waals surface area contributed by atoms with Gasteiger partial charge in [-0.15, -0.1) is 0 Å². The zero-order valence-electron chi connectivity index (χ0n) is 9.27. The lowest BCUT2D eigenvalue weighted by Gasteiger charge is -2.17. The summed E-state index contributed by atoms with van der Waals surface area (Å²) in [6, 6.07) is 4.57. The second-order valence-electron chi connectivity index (χ2n) is 3.88. The molecule has 1 saturated heterocycles. The Morgan fingerprint density at radius 1 is 1.38 bits per heavy atom. The van der Waals surface area contributed by atoms with Crippen LogP contribution in [-0.4, -0.2) is 36.1 Å². The predicted molar refractivity (Wildman–Crippen MR) is 59.8 cm³/mol. The van der Waals surface area contributed by atoms with Gasteiger partial charge in [-0.2, -0.15) is 0 Å². The van der Waals surface area contributed by atoms with Crippen molar-refractivity contribution in [3.8, 4) is 11.5 Å². The Balaban J connectivity index is 2.28. The highest BCUT2D eigenvalue weighted by atomic mass is 16.5. The summed E-state index contributed by atoms with van der Waals surface area (Å²) in [7, 11) is 1.50.